The molecular formula is C13H12N4OS. The van der Waals surface area contributed by atoms with Crippen LogP contribution in [0.5, 0.6) is 0 Å². The molecule has 0 bridgehead atoms. The topological polar surface area (TPSA) is 72.1 Å². The van der Waals surface area contributed by atoms with Gasteiger partial charge in [0, 0.05) is 22.9 Å². The molecule has 1 aliphatic rings. The van der Waals surface area contributed by atoms with Gasteiger partial charge < -0.3 is 10.6 Å². The molecule has 3 rings (SSSR count). The Balaban J connectivity index is 2.00. The van der Waals surface area contributed by atoms with E-state index in [-0.39, 0.29) is 5.91 Å². The highest BCUT2D eigenvalue weighted by Crippen LogP contribution is 2.36. The Morgan fingerprint density at radius 2 is 2.21 bits per heavy atom. The summed E-state index contributed by atoms with van der Waals surface area (Å²) < 4.78 is 0. The Morgan fingerprint density at radius 1 is 1.32 bits per heavy atom. The first-order valence-electron chi connectivity index (χ1n) is 5.86. The van der Waals surface area contributed by atoms with Crippen molar-refractivity contribution in [3.05, 3.63) is 42.2 Å². The number of carbonyl (C=O) groups is 1. The van der Waals surface area contributed by atoms with Crippen LogP contribution in [0, 0.1) is 0 Å². The average Bonchev–Trinajstić information content (AvgIpc) is 2.47. The van der Waals surface area contributed by atoms with Crippen molar-refractivity contribution in [3.63, 3.8) is 0 Å². The molecule has 0 spiro atoms. The number of benzene rings is 1. The fraction of sp³-hybridized carbons (Fsp3) is 0.154. The first-order valence-corrected chi connectivity index (χ1v) is 6.85. The fourth-order valence-electron chi connectivity index (χ4n) is 2.02. The fourth-order valence-corrected chi connectivity index (χ4v) is 2.99. The van der Waals surface area contributed by atoms with Gasteiger partial charge in [0.15, 0.2) is 0 Å². The molecule has 0 aliphatic carbocycles. The zero-order valence-corrected chi connectivity index (χ0v) is 10.9. The van der Waals surface area contributed by atoms with Crippen molar-refractivity contribution in [2.24, 2.45) is 0 Å². The summed E-state index contributed by atoms with van der Waals surface area (Å²) in [6, 6.07) is 7.32. The lowest BCUT2D eigenvalue weighted by atomic mass is 10.2. The zero-order valence-electron chi connectivity index (χ0n) is 10.1. The van der Waals surface area contributed by atoms with E-state index in [1.165, 1.54) is 12.4 Å². The smallest absolute Gasteiger partial charge is 0.260 e. The molecule has 2 aromatic rings. The number of anilines is 2. The van der Waals surface area contributed by atoms with E-state index in [0.717, 1.165) is 16.3 Å². The Bertz CT molecular complexity index is 617. The molecule has 96 valence electrons. The van der Waals surface area contributed by atoms with Crippen LogP contribution >= 0.6 is 11.8 Å². The molecule has 1 amide bonds. The molecule has 1 aromatic heterocycles. The van der Waals surface area contributed by atoms with E-state index in [4.69, 9.17) is 5.73 Å². The van der Waals surface area contributed by atoms with Crippen LogP contribution in [0.25, 0.3) is 0 Å². The summed E-state index contributed by atoms with van der Waals surface area (Å²) in [7, 11) is 0. The van der Waals surface area contributed by atoms with Gasteiger partial charge in [0.25, 0.3) is 5.91 Å². The van der Waals surface area contributed by atoms with Gasteiger partial charge in [-0.15, -0.1) is 11.8 Å². The number of hydrogen-bond donors (Lipinski definition) is 1. The van der Waals surface area contributed by atoms with Gasteiger partial charge in [-0.1, -0.05) is 0 Å². The molecule has 2 heterocycles. The molecule has 1 aliphatic heterocycles. The van der Waals surface area contributed by atoms with Gasteiger partial charge in [-0.25, -0.2) is 0 Å². The quantitative estimate of drug-likeness (QED) is 0.802. The maximum atomic E-state index is 12.5. The van der Waals surface area contributed by atoms with E-state index in [2.05, 4.69) is 10.2 Å². The standard InChI is InChI=1S/C13H12N4OS/c14-10-1-2-12-11(7-10)17(5-6-19-12)13(18)9-3-4-15-16-8-9/h1-4,7-8H,5-6,14H2. The predicted molar refractivity (Wildman–Crippen MR) is 75.3 cm³/mol. The monoisotopic (exact) mass is 272 g/mol. The van der Waals surface area contributed by atoms with E-state index < -0.39 is 0 Å². The van der Waals surface area contributed by atoms with Gasteiger partial charge in [0.1, 0.15) is 0 Å². The molecule has 2 N–H and O–H groups in total. The highest BCUT2D eigenvalue weighted by molar-refractivity contribution is 7.99. The molecule has 0 atom stereocenters. The summed E-state index contributed by atoms with van der Waals surface area (Å²) in [6.07, 6.45) is 3.00. The van der Waals surface area contributed by atoms with Crippen molar-refractivity contribution >= 4 is 29.0 Å². The highest BCUT2D eigenvalue weighted by atomic mass is 32.2. The minimum Gasteiger partial charge on any atom is -0.399 e. The third kappa shape index (κ3) is 2.26. The Hall–Kier alpha value is -2.08. The van der Waals surface area contributed by atoms with E-state index >= 15 is 0 Å². The van der Waals surface area contributed by atoms with Gasteiger partial charge >= 0.3 is 0 Å². The molecule has 6 heteroatoms. The molecule has 0 radical (unpaired) electrons. The maximum absolute atomic E-state index is 12.5. The Kier molecular flexibility index (Phi) is 3.08. The number of carbonyl (C=O) groups excluding carboxylic acids is 1. The minimum absolute atomic E-state index is 0.0675. The van der Waals surface area contributed by atoms with Crippen LogP contribution in [0.2, 0.25) is 0 Å². The highest BCUT2D eigenvalue weighted by Gasteiger charge is 2.24. The average molecular weight is 272 g/mol. The summed E-state index contributed by atoms with van der Waals surface area (Å²) >= 11 is 1.74. The molecular weight excluding hydrogens is 260 g/mol. The number of nitrogen functional groups attached to an aromatic ring is 1. The summed E-state index contributed by atoms with van der Waals surface area (Å²) in [6.45, 7) is 0.669. The van der Waals surface area contributed by atoms with Gasteiger partial charge in [-0.3, -0.25) is 4.79 Å². The summed E-state index contributed by atoms with van der Waals surface area (Å²) in [5.74, 6) is 0.809. The van der Waals surface area contributed by atoms with Crippen LogP contribution in [-0.4, -0.2) is 28.4 Å². The van der Waals surface area contributed by atoms with E-state index in [9.17, 15) is 4.79 Å². The van der Waals surface area contributed by atoms with E-state index in [1.54, 1.807) is 22.7 Å². The lowest BCUT2D eigenvalue weighted by molar-refractivity contribution is 0.0987. The number of thioether (sulfide) groups is 1. The summed E-state index contributed by atoms with van der Waals surface area (Å²) in [5, 5.41) is 7.43. The second-order valence-electron chi connectivity index (χ2n) is 4.16. The van der Waals surface area contributed by atoms with Gasteiger partial charge in [0.2, 0.25) is 0 Å². The second-order valence-corrected chi connectivity index (χ2v) is 5.30. The van der Waals surface area contributed by atoms with Crippen molar-refractivity contribution < 1.29 is 4.79 Å². The number of aromatic nitrogens is 2. The van der Waals surface area contributed by atoms with Crippen LogP contribution in [0.3, 0.4) is 0 Å². The number of hydrogen-bond acceptors (Lipinski definition) is 5. The molecule has 0 unspecified atom stereocenters. The molecule has 1 aromatic carbocycles. The number of nitrogens with two attached hydrogens (primary N) is 1. The molecule has 19 heavy (non-hydrogen) atoms. The first-order chi connectivity index (χ1) is 9.25. The summed E-state index contributed by atoms with van der Waals surface area (Å²) in [5.41, 5.74) is 7.88. The van der Waals surface area contributed by atoms with Crippen LogP contribution < -0.4 is 10.6 Å². The maximum Gasteiger partial charge on any atom is 0.260 e. The van der Waals surface area contributed by atoms with Gasteiger partial charge in [0.05, 0.1) is 23.6 Å². The second kappa shape index (κ2) is 4.89. The van der Waals surface area contributed by atoms with Crippen molar-refractivity contribution in [1.82, 2.24) is 10.2 Å². The van der Waals surface area contributed by atoms with Crippen LogP contribution in [0.1, 0.15) is 10.4 Å². The SMILES string of the molecule is Nc1ccc2c(c1)N(C(=O)c1ccnnc1)CCS2. The number of fused-ring (bicyclic) bond motifs is 1. The van der Waals surface area contributed by atoms with Crippen LogP contribution in [0.4, 0.5) is 11.4 Å². The minimum atomic E-state index is -0.0675. The third-order valence-corrected chi connectivity index (χ3v) is 3.97. The first kappa shape index (κ1) is 12.0. The molecule has 0 saturated heterocycles. The lowest BCUT2D eigenvalue weighted by Crippen LogP contribution is -2.35. The van der Waals surface area contributed by atoms with Crippen LogP contribution in [0.15, 0.2) is 41.6 Å². The largest absolute Gasteiger partial charge is 0.399 e. The van der Waals surface area contributed by atoms with Crippen molar-refractivity contribution in [2.75, 3.05) is 22.9 Å². The van der Waals surface area contributed by atoms with E-state index in [0.29, 0.717) is 17.8 Å². The summed E-state index contributed by atoms with van der Waals surface area (Å²) in [4.78, 5) is 15.3. The Labute approximate surface area is 114 Å². The van der Waals surface area contributed by atoms with Crippen molar-refractivity contribution in [1.29, 1.82) is 0 Å². The predicted octanol–water partition coefficient (Wildman–Crippen LogP) is 1.81. The number of amides is 1. The van der Waals surface area contributed by atoms with Gasteiger partial charge in [-0.05, 0) is 24.3 Å². The molecule has 0 fully saturated rings. The third-order valence-electron chi connectivity index (χ3n) is 2.92. The lowest BCUT2D eigenvalue weighted by Gasteiger charge is -2.29. The Morgan fingerprint density at radius 3 is 3.00 bits per heavy atom. The zero-order chi connectivity index (χ0) is 13.2. The van der Waals surface area contributed by atoms with Crippen LogP contribution in [-0.2, 0) is 0 Å². The molecule has 5 nitrogen and oxygen atoms in total. The normalized spacial score (nSPS) is 14.0. The van der Waals surface area contributed by atoms with Crippen molar-refractivity contribution in [3.8, 4) is 0 Å². The number of nitrogens with zero attached hydrogens (tertiary/aromatic N) is 3. The van der Waals surface area contributed by atoms with E-state index in [1.807, 2.05) is 18.2 Å². The van der Waals surface area contributed by atoms with Crippen molar-refractivity contribution in [2.45, 2.75) is 4.90 Å². The number of rotatable bonds is 1. The molecule has 0 saturated carbocycles. The van der Waals surface area contributed by atoms with Gasteiger partial charge in [-0.2, -0.15) is 10.2 Å².